The first-order chi connectivity index (χ1) is 9.10. The summed E-state index contributed by atoms with van der Waals surface area (Å²) in [5.41, 5.74) is 0.477. The molecule has 0 unspecified atom stereocenters. The van der Waals surface area contributed by atoms with Crippen LogP contribution < -0.4 is 0 Å². The number of hydrogen-bond acceptors (Lipinski definition) is 3. The fourth-order valence-electron chi connectivity index (χ4n) is 1.63. The first kappa shape index (κ1) is 13.8. The van der Waals surface area contributed by atoms with Crippen LogP contribution in [0.1, 0.15) is 11.3 Å². The number of aromatic nitrogens is 2. The van der Waals surface area contributed by atoms with Gasteiger partial charge in [0.2, 0.25) is 0 Å². The van der Waals surface area contributed by atoms with Crippen LogP contribution in [0.2, 0.25) is 10.2 Å². The lowest BCUT2D eigenvalue weighted by atomic mass is 10.3. The molecule has 1 aromatic heterocycles. The van der Waals surface area contributed by atoms with Crippen LogP contribution in [0.5, 0.6) is 0 Å². The molecule has 98 valence electrons. The van der Waals surface area contributed by atoms with Crippen molar-refractivity contribution in [1.82, 2.24) is 9.78 Å². The molecule has 0 aliphatic heterocycles. The van der Waals surface area contributed by atoms with Crippen molar-refractivity contribution in [2.24, 2.45) is 0 Å². The molecule has 1 aromatic carbocycles. The van der Waals surface area contributed by atoms with Gasteiger partial charge in [0.05, 0.1) is 11.6 Å². The zero-order valence-corrected chi connectivity index (χ0v) is 11.3. The number of nitrogens with zero attached hydrogens (tertiary/aromatic N) is 3. The molecule has 7 heteroatoms. The summed E-state index contributed by atoms with van der Waals surface area (Å²) in [5.74, 6) is -0.578. The van der Waals surface area contributed by atoms with E-state index in [-0.39, 0.29) is 28.0 Å². The number of rotatable bonds is 3. The molecule has 0 N–H and O–H groups in total. The van der Waals surface area contributed by atoms with Gasteiger partial charge in [0.25, 0.3) is 0 Å². The summed E-state index contributed by atoms with van der Waals surface area (Å²) >= 11 is 12.0. The van der Waals surface area contributed by atoms with Crippen LogP contribution in [-0.2, 0) is 11.3 Å². The SMILES string of the molecule is COCc1nn(-c2c(F)cccc2Cl)c(Cl)c1C#N. The summed E-state index contributed by atoms with van der Waals surface area (Å²) in [4.78, 5) is 0. The quantitative estimate of drug-likeness (QED) is 0.873. The number of benzene rings is 1. The molecular formula is C12H8Cl2FN3O. The van der Waals surface area contributed by atoms with E-state index in [1.54, 1.807) is 0 Å². The highest BCUT2D eigenvalue weighted by atomic mass is 35.5. The van der Waals surface area contributed by atoms with Gasteiger partial charge in [0, 0.05) is 7.11 Å². The Morgan fingerprint density at radius 2 is 2.21 bits per heavy atom. The monoisotopic (exact) mass is 299 g/mol. The smallest absolute Gasteiger partial charge is 0.151 e. The maximum Gasteiger partial charge on any atom is 0.151 e. The van der Waals surface area contributed by atoms with E-state index in [2.05, 4.69) is 5.10 Å². The fourth-order valence-corrected chi connectivity index (χ4v) is 2.14. The highest BCUT2D eigenvalue weighted by molar-refractivity contribution is 6.33. The van der Waals surface area contributed by atoms with Gasteiger partial charge in [0.15, 0.2) is 5.15 Å². The molecule has 0 fully saturated rings. The predicted molar refractivity (Wildman–Crippen MR) is 69.0 cm³/mol. The van der Waals surface area contributed by atoms with Crippen LogP contribution >= 0.6 is 23.2 Å². The van der Waals surface area contributed by atoms with Gasteiger partial charge in [0.1, 0.15) is 28.8 Å². The predicted octanol–water partition coefficient (Wildman–Crippen LogP) is 3.34. The van der Waals surface area contributed by atoms with Crippen LogP contribution in [0.3, 0.4) is 0 Å². The summed E-state index contributed by atoms with van der Waals surface area (Å²) < 4.78 is 19.9. The van der Waals surface area contributed by atoms with E-state index in [0.717, 1.165) is 4.68 Å². The minimum Gasteiger partial charge on any atom is -0.378 e. The number of methoxy groups -OCH3 is 1. The van der Waals surface area contributed by atoms with Crippen molar-refractivity contribution in [2.75, 3.05) is 7.11 Å². The molecule has 0 atom stereocenters. The van der Waals surface area contributed by atoms with Gasteiger partial charge >= 0.3 is 0 Å². The average molecular weight is 300 g/mol. The van der Waals surface area contributed by atoms with Crippen molar-refractivity contribution in [3.63, 3.8) is 0 Å². The number of ether oxygens (including phenoxy) is 1. The van der Waals surface area contributed by atoms with E-state index >= 15 is 0 Å². The Morgan fingerprint density at radius 3 is 2.79 bits per heavy atom. The van der Waals surface area contributed by atoms with Crippen molar-refractivity contribution >= 4 is 23.2 Å². The second-order valence-electron chi connectivity index (χ2n) is 3.64. The molecule has 0 aliphatic rings. The summed E-state index contributed by atoms with van der Waals surface area (Å²) in [6, 6.07) is 6.14. The minimum absolute atomic E-state index is 0.00144. The van der Waals surface area contributed by atoms with E-state index in [4.69, 9.17) is 33.2 Å². The Bertz CT molecular complexity index is 643. The molecule has 1 heterocycles. The van der Waals surface area contributed by atoms with Gasteiger partial charge in [-0.25, -0.2) is 9.07 Å². The third-order valence-electron chi connectivity index (χ3n) is 2.44. The molecule has 0 radical (unpaired) electrons. The molecule has 0 amide bonds. The first-order valence-electron chi connectivity index (χ1n) is 5.21. The van der Waals surface area contributed by atoms with Gasteiger partial charge < -0.3 is 4.74 Å². The third-order valence-corrected chi connectivity index (χ3v) is 3.10. The van der Waals surface area contributed by atoms with Crippen molar-refractivity contribution < 1.29 is 9.13 Å². The lowest BCUT2D eigenvalue weighted by molar-refractivity contribution is 0.181. The molecule has 2 aromatic rings. The molecule has 0 saturated carbocycles. The second kappa shape index (κ2) is 5.57. The average Bonchev–Trinajstić information content (AvgIpc) is 2.66. The van der Waals surface area contributed by atoms with Crippen molar-refractivity contribution in [3.8, 4) is 11.8 Å². The zero-order valence-electron chi connectivity index (χ0n) is 9.82. The number of para-hydroxylation sites is 1. The maximum atomic E-state index is 13.8. The van der Waals surface area contributed by atoms with E-state index in [0.29, 0.717) is 5.69 Å². The Labute approximate surface area is 118 Å². The third kappa shape index (κ3) is 2.43. The number of hydrogen-bond donors (Lipinski definition) is 0. The minimum atomic E-state index is -0.578. The molecule has 4 nitrogen and oxygen atoms in total. The summed E-state index contributed by atoms with van der Waals surface area (Å²) in [6.07, 6.45) is 0. The molecule has 0 aliphatic carbocycles. The Balaban J connectivity index is 2.67. The Kier molecular flexibility index (Phi) is 4.05. The molecule has 19 heavy (non-hydrogen) atoms. The van der Waals surface area contributed by atoms with E-state index in [9.17, 15) is 4.39 Å². The van der Waals surface area contributed by atoms with Gasteiger partial charge in [-0.05, 0) is 12.1 Å². The van der Waals surface area contributed by atoms with Gasteiger partial charge in [-0.15, -0.1) is 0 Å². The van der Waals surface area contributed by atoms with Crippen molar-refractivity contribution in [3.05, 3.63) is 45.4 Å². The van der Waals surface area contributed by atoms with Crippen LogP contribution in [0.4, 0.5) is 4.39 Å². The highest BCUT2D eigenvalue weighted by Gasteiger charge is 2.20. The first-order valence-corrected chi connectivity index (χ1v) is 5.96. The van der Waals surface area contributed by atoms with Crippen LogP contribution in [0, 0.1) is 17.1 Å². The summed E-state index contributed by atoms with van der Waals surface area (Å²) in [6.45, 7) is 0.0989. The van der Waals surface area contributed by atoms with Crippen LogP contribution in [-0.4, -0.2) is 16.9 Å². The van der Waals surface area contributed by atoms with Gasteiger partial charge in [-0.3, -0.25) is 0 Å². The van der Waals surface area contributed by atoms with Gasteiger partial charge in [-0.1, -0.05) is 29.3 Å². The van der Waals surface area contributed by atoms with Crippen LogP contribution in [0.25, 0.3) is 5.69 Å². The lowest BCUT2D eigenvalue weighted by Gasteiger charge is -2.06. The van der Waals surface area contributed by atoms with E-state index < -0.39 is 5.82 Å². The molecule has 2 rings (SSSR count). The Morgan fingerprint density at radius 1 is 1.47 bits per heavy atom. The highest BCUT2D eigenvalue weighted by Crippen LogP contribution is 2.29. The molecule has 0 bridgehead atoms. The largest absolute Gasteiger partial charge is 0.378 e. The van der Waals surface area contributed by atoms with E-state index in [1.807, 2.05) is 6.07 Å². The lowest BCUT2D eigenvalue weighted by Crippen LogP contribution is -2.02. The molecular weight excluding hydrogens is 292 g/mol. The van der Waals surface area contributed by atoms with Gasteiger partial charge in [-0.2, -0.15) is 10.4 Å². The van der Waals surface area contributed by atoms with Crippen molar-refractivity contribution in [1.29, 1.82) is 5.26 Å². The summed E-state index contributed by atoms with van der Waals surface area (Å²) in [5, 5.41) is 13.3. The summed E-state index contributed by atoms with van der Waals surface area (Å²) in [7, 11) is 1.46. The molecule has 0 saturated heterocycles. The zero-order chi connectivity index (χ0) is 14.0. The van der Waals surface area contributed by atoms with E-state index in [1.165, 1.54) is 25.3 Å². The Hall–Kier alpha value is -1.61. The fraction of sp³-hybridized carbons (Fsp3) is 0.167. The molecule has 0 spiro atoms. The number of halogens is 3. The van der Waals surface area contributed by atoms with Crippen molar-refractivity contribution in [2.45, 2.75) is 6.61 Å². The maximum absolute atomic E-state index is 13.8. The van der Waals surface area contributed by atoms with Crippen LogP contribution in [0.15, 0.2) is 18.2 Å². The normalized spacial score (nSPS) is 10.5. The number of nitriles is 1. The standard InChI is InChI=1S/C12H8Cl2FN3O/c1-19-6-10-7(5-16)12(14)18(17-10)11-8(13)3-2-4-9(11)15/h2-4H,6H2,1H3. The topological polar surface area (TPSA) is 50.8 Å². The second-order valence-corrected chi connectivity index (χ2v) is 4.40.